The number of rotatable bonds is 5. The van der Waals surface area contributed by atoms with Crippen LogP contribution in [-0.2, 0) is 17.8 Å². The van der Waals surface area contributed by atoms with Gasteiger partial charge in [-0.05, 0) is 36.1 Å². The summed E-state index contributed by atoms with van der Waals surface area (Å²) in [5, 5.41) is 19.3. The molecule has 0 spiro atoms. The number of methoxy groups -OCH3 is 2. The zero-order valence-corrected chi connectivity index (χ0v) is 17.0. The summed E-state index contributed by atoms with van der Waals surface area (Å²) in [7, 11) is 3.13. The number of benzene rings is 1. The Kier molecular flexibility index (Phi) is 5.50. The number of carbonyl (C=O) groups is 1. The Labute approximate surface area is 173 Å². The molecule has 2 aliphatic rings. The summed E-state index contributed by atoms with van der Waals surface area (Å²) in [6.45, 7) is 1.52. The Hall–Kier alpha value is -2.88. The Morgan fingerprint density at radius 2 is 1.93 bits per heavy atom. The SMILES string of the molecule is COc1ccc(CC(=O)N2C[C@H]3C[C@H](C2)c2ccc([NH+]([O-])O)c(=O)n2C3)cc1OC. The summed E-state index contributed by atoms with van der Waals surface area (Å²) in [6, 6.07) is 8.54. The lowest BCUT2D eigenvalue weighted by Gasteiger charge is -2.43. The molecule has 3 heterocycles. The number of amides is 1. The van der Waals surface area contributed by atoms with E-state index in [-0.39, 0.29) is 29.9 Å². The summed E-state index contributed by atoms with van der Waals surface area (Å²) in [6.07, 6.45) is 1.15. The summed E-state index contributed by atoms with van der Waals surface area (Å²) in [5.41, 5.74) is 0.987. The van der Waals surface area contributed by atoms with Gasteiger partial charge in [-0.2, -0.15) is 5.23 Å². The van der Waals surface area contributed by atoms with Gasteiger partial charge in [0.25, 0.3) is 0 Å². The van der Waals surface area contributed by atoms with Gasteiger partial charge in [-0.15, -0.1) is 0 Å². The second kappa shape index (κ2) is 8.10. The molecule has 0 aliphatic carbocycles. The molecule has 9 nitrogen and oxygen atoms in total. The van der Waals surface area contributed by atoms with E-state index in [1.807, 2.05) is 17.0 Å². The van der Waals surface area contributed by atoms with Crippen LogP contribution in [-0.4, -0.2) is 47.9 Å². The van der Waals surface area contributed by atoms with Crippen molar-refractivity contribution >= 4 is 11.6 Å². The second-order valence-corrected chi connectivity index (χ2v) is 7.86. The highest BCUT2D eigenvalue weighted by atomic mass is 16.8. The Balaban J connectivity index is 1.52. The summed E-state index contributed by atoms with van der Waals surface area (Å²) in [5.74, 6) is 1.38. The molecule has 160 valence electrons. The van der Waals surface area contributed by atoms with Crippen LogP contribution >= 0.6 is 0 Å². The molecule has 2 bridgehead atoms. The minimum absolute atomic E-state index is 0.0230. The van der Waals surface area contributed by atoms with Gasteiger partial charge in [0, 0.05) is 37.3 Å². The van der Waals surface area contributed by atoms with Crippen LogP contribution in [0.2, 0.25) is 0 Å². The van der Waals surface area contributed by atoms with Crippen molar-refractivity contribution in [2.45, 2.75) is 25.3 Å². The van der Waals surface area contributed by atoms with Crippen LogP contribution in [0.25, 0.3) is 0 Å². The van der Waals surface area contributed by atoms with E-state index < -0.39 is 10.8 Å². The molecule has 3 atom stereocenters. The number of likely N-dealkylation sites (tertiary alicyclic amines) is 1. The van der Waals surface area contributed by atoms with E-state index in [1.165, 1.54) is 6.07 Å². The first-order chi connectivity index (χ1) is 14.4. The molecule has 4 rings (SSSR count). The molecule has 1 saturated heterocycles. The number of piperidine rings is 1. The summed E-state index contributed by atoms with van der Waals surface area (Å²) in [4.78, 5) is 27.4. The maximum absolute atomic E-state index is 13.0. The normalized spacial score (nSPS) is 21.0. The second-order valence-electron chi connectivity index (χ2n) is 7.86. The third-order valence-corrected chi connectivity index (χ3v) is 5.99. The Morgan fingerprint density at radius 1 is 1.17 bits per heavy atom. The predicted molar refractivity (Wildman–Crippen MR) is 107 cm³/mol. The first kappa shape index (κ1) is 20.4. The van der Waals surface area contributed by atoms with Gasteiger partial charge in [0.15, 0.2) is 11.5 Å². The third kappa shape index (κ3) is 3.67. The van der Waals surface area contributed by atoms with Gasteiger partial charge in [-0.1, -0.05) is 6.07 Å². The smallest absolute Gasteiger partial charge is 0.315 e. The molecule has 2 aromatic rings. The highest BCUT2D eigenvalue weighted by Gasteiger charge is 2.37. The first-order valence-electron chi connectivity index (χ1n) is 9.87. The number of pyridine rings is 1. The number of hydrogen-bond donors (Lipinski definition) is 2. The average molecular weight is 415 g/mol. The van der Waals surface area contributed by atoms with Crippen LogP contribution in [0.5, 0.6) is 11.5 Å². The van der Waals surface area contributed by atoms with Crippen molar-refractivity contribution in [3.05, 3.63) is 57.2 Å². The summed E-state index contributed by atoms with van der Waals surface area (Å²) >= 11 is 0. The van der Waals surface area contributed by atoms with E-state index in [0.29, 0.717) is 31.1 Å². The van der Waals surface area contributed by atoms with Crippen LogP contribution in [0.15, 0.2) is 35.1 Å². The molecule has 30 heavy (non-hydrogen) atoms. The quantitative estimate of drug-likeness (QED) is 0.687. The van der Waals surface area contributed by atoms with Crippen LogP contribution < -0.4 is 20.3 Å². The maximum atomic E-state index is 13.0. The minimum Gasteiger partial charge on any atom is -0.595 e. The van der Waals surface area contributed by atoms with Gasteiger partial charge in [0.1, 0.15) is 0 Å². The standard InChI is InChI=1S/C21H25N3O6/c1-29-18-6-3-13(8-19(18)30-2)9-20(25)22-10-14-7-15(12-22)16-4-5-17(24(27)28)21(26)23(16)11-14/h3-6,8,14-15,24,27H,7,9-12H2,1-2H3/t14-,15-/m1/s1. The van der Waals surface area contributed by atoms with E-state index >= 15 is 0 Å². The van der Waals surface area contributed by atoms with Crippen molar-refractivity contribution in [2.24, 2.45) is 5.92 Å². The molecule has 1 aromatic heterocycles. The topological polar surface area (TPSA) is 109 Å². The number of ether oxygens (including phenoxy) is 2. The molecule has 1 unspecified atom stereocenters. The summed E-state index contributed by atoms with van der Waals surface area (Å²) < 4.78 is 12.1. The molecule has 0 radical (unpaired) electrons. The fraction of sp³-hybridized carbons (Fsp3) is 0.429. The number of hydrogen-bond acceptors (Lipinski definition) is 6. The van der Waals surface area contributed by atoms with Crippen molar-refractivity contribution in [3.63, 3.8) is 0 Å². The van der Waals surface area contributed by atoms with Gasteiger partial charge in [-0.25, -0.2) is 5.21 Å². The van der Waals surface area contributed by atoms with Crippen LogP contribution in [0.1, 0.15) is 23.6 Å². The lowest BCUT2D eigenvalue weighted by Crippen LogP contribution is -3.00. The van der Waals surface area contributed by atoms with E-state index in [2.05, 4.69) is 0 Å². The molecule has 1 fully saturated rings. The van der Waals surface area contributed by atoms with Crippen molar-refractivity contribution in [1.82, 2.24) is 9.47 Å². The van der Waals surface area contributed by atoms with Crippen LogP contribution in [0.4, 0.5) is 5.69 Å². The van der Waals surface area contributed by atoms with Gasteiger partial charge >= 0.3 is 5.56 Å². The monoisotopic (exact) mass is 415 g/mol. The fourth-order valence-electron chi connectivity index (χ4n) is 4.59. The van der Waals surface area contributed by atoms with Crippen molar-refractivity contribution in [3.8, 4) is 11.5 Å². The average Bonchev–Trinajstić information content (AvgIpc) is 2.74. The molecule has 1 amide bonds. The fourth-order valence-corrected chi connectivity index (χ4v) is 4.59. The van der Waals surface area contributed by atoms with E-state index in [4.69, 9.17) is 9.47 Å². The van der Waals surface area contributed by atoms with Crippen molar-refractivity contribution in [2.75, 3.05) is 27.3 Å². The molecule has 0 saturated carbocycles. The number of nitrogens with one attached hydrogen (secondary N) is 1. The Morgan fingerprint density at radius 3 is 2.63 bits per heavy atom. The maximum Gasteiger partial charge on any atom is 0.315 e. The number of carbonyl (C=O) groups excluding carboxylic acids is 1. The molecule has 2 aliphatic heterocycles. The van der Waals surface area contributed by atoms with Gasteiger partial charge in [0.2, 0.25) is 11.6 Å². The highest BCUT2D eigenvalue weighted by molar-refractivity contribution is 5.79. The van der Waals surface area contributed by atoms with E-state index in [1.54, 1.807) is 30.9 Å². The zero-order valence-electron chi connectivity index (χ0n) is 17.0. The molecular formula is C21H25N3O6. The van der Waals surface area contributed by atoms with Gasteiger partial charge < -0.3 is 24.1 Å². The first-order valence-corrected chi connectivity index (χ1v) is 9.87. The van der Waals surface area contributed by atoms with Crippen molar-refractivity contribution in [1.29, 1.82) is 0 Å². The molecule has 2 N–H and O–H groups in total. The van der Waals surface area contributed by atoms with E-state index in [9.17, 15) is 20.0 Å². The van der Waals surface area contributed by atoms with Crippen molar-refractivity contribution < 1.29 is 24.7 Å². The third-order valence-electron chi connectivity index (χ3n) is 5.99. The van der Waals surface area contributed by atoms with Gasteiger partial charge in [0.05, 0.1) is 20.6 Å². The van der Waals surface area contributed by atoms with Crippen LogP contribution in [0, 0.1) is 11.1 Å². The lowest BCUT2D eigenvalue weighted by molar-refractivity contribution is -0.992. The highest BCUT2D eigenvalue weighted by Crippen LogP contribution is 2.35. The number of quaternary nitrogens is 1. The number of nitrogens with zero attached hydrogens (tertiary/aromatic N) is 2. The minimum atomic E-state index is -1.21. The predicted octanol–water partition coefficient (Wildman–Crippen LogP) is 0.457. The largest absolute Gasteiger partial charge is 0.595 e. The Bertz CT molecular complexity index is 1020. The van der Waals surface area contributed by atoms with Crippen LogP contribution in [0.3, 0.4) is 0 Å². The molecule has 9 heteroatoms. The van der Waals surface area contributed by atoms with E-state index in [0.717, 1.165) is 17.7 Å². The number of fused-ring (bicyclic) bond motifs is 4. The van der Waals surface area contributed by atoms with Gasteiger partial charge in [-0.3, -0.25) is 9.59 Å². The lowest BCUT2D eigenvalue weighted by atomic mass is 9.83. The molecular weight excluding hydrogens is 390 g/mol. The number of aromatic nitrogens is 1. The zero-order chi connectivity index (χ0) is 21.4. The molecule has 1 aromatic carbocycles.